The van der Waals surface area contributed by atoms with Crippen molar-refractivity contribution in [3.05, 3.63) is 17.2 Å². The molecule has 0 saturated carbocycles. The third kappa shape index (κ3) is 1.22. The minimum Gasteiger partial charge on any atom is -0.242 e. The number of hydrogen-bond donors (Lipinski definition) is 0. The second-order valence-electron chi connectivity index (χ2n) is 2.21. The molecule has 0 atom stereocenters. The van der Waals surface area contributed by atoms with Gasteiger partial charge in [-0.1, -0.05) is 0 Å². The van der Waals surface area contributed by atoms with Crippen molar-refractivity contribution in [2.45, 2.75) is 13.3 Å². The van der Waals surface area contributed by atoms with Gasteiger partial charge in [-0.25, -0.2) is 13.5 Å². The fourth-order valence-corrected chi connectivity index (χ4v) is 0.894. The summed E-state index contributed by atoms with van der Waals surface area (Å²) in [7, 11) is 1.29. The molecule has 62 valence electrons. The standard InChI is InChI=1S/C6H7F3N2/c1-3-4(5(7)8)6(9)11(2)10-3/h5H,1-2H3. The maximum atomic E-state index is 12.7. The van der Waals surface area contributed by atoms with Gasteiger partial charge in [-0.2, -0.15) is 9.49 Å². The molecule has 0 bridgehead atoms. The summed E-state index contributed by atoms with van der Waals surface area (Å²) in [4.78, 5) is 0. The molecule has 0 aromatic carbocycles. The summed E-state index contributed by atoms with van der Waals surface area (Å²) in [5.74, 6) is -0.961. The zero-order chi connectivity index (χ0) is 8.59. The van der Waals surface area contributed by atoms with E-state index in [0.717, 1.165) is 4.68 Å². The topological polar surface area (TPSA) is 17.8 Å². The van der Waals surface area contributed by atoms with E-state index in [2.05, 4.69) is 5.10 Å². The molecule has 0 unspecified atom stereocenters. The van der Waals surface area contributed by atoms with Gasteiger partial charge in [0.05, 0.1) is 11.3 Å². The number of alkyl halides is 2. The van der Waals surface area contributed by atoms with Crippen LogP contribution in [0.15, 0.2) is 0 Å². The smallest absolute Gasteiger partial charge is 0.242 e. The molecule has 1 rings (SSSR count). The van der Waals surface area contributed by atoms with E-state index in [1.807, 2.05) is 0 Å². The summed E-state index contributed by atoms with van der Waals surface area (Å²) in [5.41, 5.74) is -0.562. The zero-order valence-corrected chi connectivity index (χ0v) is 6.11. The van der Waals surface area contributed by atoms with E-state index in [-0.39, 0.29) is 5.69 Å². The number of nitrogens with zero attached hydrogens (tertiary/aromatic N) is 2. The molecule has 0 N–H and O–H groups in total. The molecule has 0 fully saturated rings. The Kier molecular flexibility index (Phi) is 1.89. The molecule has 1 heterocycles. The van der Waals surface area contributed by atoms with Crippen LogP contribution in [0.1, 0.15) is 17.7 Å². The molecule has 0 amide bonds. The largest absolute Gasteiger partial charge is 0.270 e. The Labute approximate surface area is 61.6 Å². The lowest BCUT2D eigenvalue weighted by atomic mass is 10.3. The summed E-state index contributed by atoms with van der Waals surface area (Å²) in [6.45, 7) is 1.35. The van der Waals surface area contributed by atoms with E-state index >= 15 is 0 Å². The van der Waals surface area contributed by atoms with E-state index in [4.69, 9.17) is 0 Å². The molecule has 0 spiro atoms. The van der Waals surface area contributed by atoms with Gasteiger partial charge in [0.15, 0.2) is 0 Å². The monoisotopic (exact) mass is 164 g/mol. The van der Waals surface area contributed by atoms with Crippen molar-refractivity contribution >= 4 is 0 Å². The highest BCUT2D eigenvalue weighted by Crippen LogP contribution is 2.24. The average Bonchev–Trinajstić information content (AvgIpc) is 2.07. The summed E-state index contributed by atoms with van der Waals surface area (Å²) < 4.78 is 37.5. The predicted octanol–water partition coefficient (Wildman–Crippen LogP) is 1.81. The first-order chi connectivity index (χ1) is 5.04. The molecule has 5 heteroatoms. The van der Waals surface area contributed by atoms with Crippen molar-refractivity contribution in [1.29, 1.82) is 0 Å². The van der Waals surface area contributed by atoms with Crippen molar-refractivity contribution in [1.82, 2.24) is 9.78 Å². The highest BCUT2D eigenvalue weighted by Gasteiger charge is 2.20. The van der Waals surface area contributed by atoms with Gasteiger partial charge >= 0.3 is 0 Å². The molecule has 11 heavy (non-hydrogen) atoms. The Morgan fingerprint density at radius 2 is 2.00 bits per heavy atom. The number of aromatic nitrogens is 2. The van der Waals surface area contributed by atoms with Gasteiger partial charge in [-0.15, -0.1) is 0 Å². The number of halogens is 3. The van der Waals surface area contributed by atoms with Gasteiger partial charge in [-0.05, 0) is 6.92 Å². The van der Waals surface area contributed by atoms with Gasteiger partial charge < -0.3 is 0 Å². The highest BCUT2D eigenvalue weighted by atomic mass is 19.3. The lowest BCUT2D eigenvalue weighted by molar-refractivity contribution is 0.145. The van der Waals surface area contributed by atoms with Crippen molar-refractivity contribution in [2.24, 2.45) is 7.05 Å². The molecular formula is C6H7F3N2. The summed E-state index contributed by atoms with van der Waals surface area (Å²) in [6.07, 6.45) is -2.79. The molecule has 0 saturated heterocycles. The normalized spacial score (nSPS) is 11.1. The molecular weight excluding hydrogens is 157 g/mol. The van der Waals surface area contributed by atoms with Crippen molar-refractivity contribution in [2.75, 3.05) is 0 Å². The number of rotatable bonds is 1. The van der Waals surface area contributed by atoms with E-state index in [1.54, 1.807) is 0 Å². The van der Waals surface area contributed by atoms with Crippen LogP contribution in [0.3, 0.4) is 0 Å². The maximum Gasteiger partial charge on any atom is 0.270 e. The Morgan fingerprint density at radius 1 is 1.45 bits per heavy atom. The number of aryl methyl sites for hydroxylation is 2. The Bertz CT molecular complexity index is 267. The fraction of sp³-hybridized carbons (Fsp3) is 0.500. The van der Waals surface area contributed by atoms with Gasteiger partial charge in [0.1, 0.15) is 0 Å². The lowest BCUT2D eigenvalue weighted by Crippen LogP contribution is -1.95. The molecule has 0 aliphatic rings. The third-order valence-corrected chi connectivity index (χ3v) is 1.41. The predicted molar refractivity (Wildman–Crippen MR) is 32.9 cm³/mol. The van der Waals surface area contributed by atoms with E-state index in [9.17, 15) is 13.2 Å². The zero-order valence-electron chi connectivity index (χ0n) is 6.11. The average molecular weight is 164 g/mol. The molecule has 1 aromatic heterocycles. The van der Waals surface area contributed by atoms with Crippen LogP contribution in [0.2, 0.25) is 0 Å². The molecule has 0 radical (unpaired) electrons. The molecule has 0 aliphatic heterocycles. The van der Waals surface area contributed by atoms with E-state index in [0.29, 0.717) is 0 Å². The second kappa shape index (κ2) is 2.56. The van der Waals surface area contributed by atoms with Crippen LogP contribution in [0.4, 0.5) is 13.2 Å². The first kappa shape index (κ1) is 8.10. The third-order valence-electron chi connectivity index (χ3n) is 1.41. The van der Waals surface area contributed by atoms with Crippen molar-refractivity contribution in [3.8, 4) is 0 Å². The summed E-state index contributed by atoms with van der Waals surface area (Å²) >= 11 is 0. The fourth-order valence-electron chi connectivity index (χ4n) is 0.894. The van der Waals surface area contributed by atoms with Crippen LogP contribution < -0.4 is 0 Å². The molecule has 2 nitrogen and oxygen atoms in total. The van der Waals surface area contributed by atoms with Crippen LogP contribution >= 0.6 is 0 Å². The first-order valence-corrected chi connectivity index (χ1v) is 3.01. The van der Waals surface area contributed by atoms with Crippen LogP contribution in [0, 0.1) is 12.9 Å². The van der Waals surface area contributed by atoms with E-state index in [1.165, 1.54) is 14.0 Å². The highest BCUT2D eigenvalue weighted by molar-refractivity contribution is 5.18. The second-order valence-corrected chi connectivity index (χ2v) is 2.21. The van der Waals surface area contributed by atoms with Crippen molar-refractivity contribution in [3.63, 3.8) is 0 Å². The molecule has 0 aliphatic carbocycles. The van der Waals surface area contributed by atoms with Crippen molar-refractivity contribution < 1.29 is 13.2 Å². The minimum absolute atomic E-state index is 0.0417. The summed E-state index contributed by atoms with van der Waals surface area (Å²) in [6, 6.07) is 0. The van der Waals surface area contributed by atoms with Gasteiger partial charge in [0, 0.05) is 7.05 Å². The quantitative estimate of drug-likeness (QED) is 0.618. The van der Waals surface area contributed by atoms with Gasteiger partial charge in [0.2, 0.25) is 5.95 Å². The Hall–Kier alpha value is -1.00. The minimum atomic E-state index is -2.79. The summed E-state index contributed by atoms with van der Waals surface area (Å²) in [5, 5.41) is 3.49. The molecule has 1 aromatic rings. The Balaban J connectivity index is 3.22. The van der Waals surface area contributed by atoms with Gasteiger partial charge in [-0.3, -0.25) is 0 Å². The van der Waals surface area contributed by atoms with Crippen LogP contribution in [-0.2, 0) is 7.05 Å². The van der Waals surface area contributed by atoms with Gasteiger partial charge in [0.25, 0.3) is 6.43 Å². The van der Waals surface area contributed by atoms with Crippen LogP contribution in [0.5, 0.6) is 0 Å². The number of hydrogen-bond acceptors (Lipinski definition) is 1. The first-order valence-electron chi connectivity index (χ1n) is 3.01. The SMILES string of the molecule is Cc1nn(C)c(F)c1C(F)F. The van der Waals surface area contributed by atoms with E-state index < -0.39 is 17.9 Å². The Morgan fingerprint density at radius 3 is 2.18 bits per heavy atom. The van der Waals surface area contributed by atoms with Crippen LogP contribution in [-0.4, -0.2) is 9.78 Å². The maximum absolute atomic E-state index is 12.7. The lowest BCUT2D eigenvalue weighted by Gasteiger charge is -1.94. The van der Waals surface area contributed by atoms with Crippen LogP contribution in [0.25, 0.3) is 0 Å².